The van der Waals surface area contributed by atoms with E-state index in [2.05, 4.69) is 18.7 Å². The van der Waals surface area contributed by atoms with Gasteiger partial charge >= 0.3 is 11.6 Å². The van der Waals surface area contributed by atoms with Crippen LogP contribution in [-0.4, -0.2) is 36.0 Å². The van der Waals surface area contributed by atoms with Crippen molar-refractivity contribution in [1.29, 1.82) is 0 Å². The number of carbonyl (C=O) groups is 2. The molecule has 1 atom stereocenters. The second-order valence-electron chi connectivity index (χ2n) is 6.81. The van der Waals surface area contributed by atoms with Gasteiger partial charge in [-0.25, -0.2) is 4.79 Å². The molecule has 1 heterocycles. The molecule has 0 saturated heterocycles. The molecule has 3 N–H and O–H groups in total. The maximum Gasteiger partial charge on any atom is 0.347 e. The van der Waals surface area contributed by atoms with Crippen molar-refractivity contribution in [2.45, 2.75) is 52.0 Å². The average molecular weight is 388 g/mol. The molecule has 0 aliphatic heterocycles. The molecule has 7 nitrogen and oxygen atoms in total. The molecule has 0 bridgehead atoms. The number of fused-ring (bicyclic) bond motifs is 1. The largest absolute Gasteiger partial charge is 0.480 e. The predicted octanol–water partition coefficient (Wildman–Crippen LogP) is 3.18. The molecule has 1 aromatic heterocycles. The number of carboxylic acid groups (broad SMARTS) is 1. The zero-order valence-corrected chi connectivity index (χ0v) is 16.4. The second-order valence-corrected chi connectivity index (χ2v) is 6.81. The number of anilines is 1. The topological polar surface area (TPSA) is 114 Å². The van der Waals surface area contributed by atoms with Crippen LogP contribution < -0.4 is 16.3 Å². The zero-order valence-electron chi connectivity index (χ0n) is 16.4. The minimum absolute atomic E-state index is 0.0605. The van der Waals surface area contributed by atoms with E-state index in [0.29, 0.717) is 36.7 Å². The van der Waals surface area contributed by atoms with Gasteiger partial charge in [0.25, 0.3) is 0 Å². The lowest BCUT2D eigenvalue weighted by molar-refractivity contribution is -0.138. The van der Waals surface area contributed by atoms with Gasteiger partial charge in [-0.05, 0) is 44.9 Å². The molecule has 1 unspecified atom stereocenters. The van der Waals surface area contributed by atoms with Crippen molar-refractivity contribution in [3.05, 3.63) is 40.2 Å². The first-order valence-electron chi connectivity index (χ1n) is 9.71. The molecule has 2 rings (SSSR count). The van der Waals surface area contributed by atoms with Crippen molar-refractivity contribution >= 4 is 28.4 Å². The van der Waals surface area contributed by atoms with Crippen LogP contribution in [0.1, 0.15) is 56.3 Å². The highest BCUT2D eigenvalue weighted by Gasteiger charge is 2.15. The number of ketones is 1. The molecule has 0 aliphatic carbocycles. The van der Waals surface area contributed by atoms with Crippen LogP contribution in [0.25, 0.3) is 11.0 Å². The van der Waals surface area contributed by atoms with Crippen LogP contribution in [0.15, 0.2) is 33.5 Å². The summed E-state index contributed by atoms with van der Waals surface area (Å²) in [6.45, 7) is 5.81. The van der Waals surface area contributed by atoms with Gasteiger partial charge in [0.2, 0.25) is 0 Å². The molecular weight excluding hydrogens is 360 g/mol. The third kappa shape index (κ3) is 5.42. The Kier molecular flexibility index (Phi) is 7.75. The molecule has 2 aromatic rings. The Hall–Kier alpha value is -2.67. The Balaban J connectivity index is 2.03. The van der Waals surface area contributed by atoms with Crippen LogP contribution in [0.2, 0.25) is 0 Å². The first-order valence-corrected chi connectivity index (χ1v) is 9.71. The minimum atomic E-state index is -1.02. The zero-order chi connectivity index (χ0) is 20.7. The Bertz CT molecular complexity index is 886. The van der Waals surface area contributed by atoms with Crippen molar-refractivity contribution in [3.63, 3.8) is 0 Å². The van der Waals surface area contributed by atoms with Gasteiger partial charge < -0.3 is 20.2 Å². The van der Waals surface area contributed by atoms with Crippen LogP contribution >= 0.6 is 0 Å². The number of carbonyl (C=O) groups excluding carboxylic acids is 1. The minimum Gasteiger partial charge on any atom is -0.480 e. The molecule has 0 fully saturated rings. The summed E-state index contributed by atoms with van der Waals surface area (Å²) in [7, 11) is 0. The molecule has 7 heteroatoms. The van der Waals surface area contributed by atoms with E-state index in [1.807, 2.05) is 18.2 Å². The molecule has 28 heavy (non-hydrogen) atoms. The number of Topliss-reactive ketones (excluding diaryl/α,β-unsaturated/α-hetero) is 1. The maximum absolute atomic E-state index is 12.4. The van der Waals surface area contributed by atoms with Crippen molar-refractivity contribution in [2.24, 2.45) is 5.73 Å². The van der Waals surface area contributed by atoms with Crippen molar-refractivity contribution in [1.82, 2.24) is 0 Å². The summed E-state index contributed by atoms with van der Waals surface area (Å²) in [5, 5.41) is 9.46. The number of hydrogen-bond donors (Lipinski definition) is 2. The van der Waals surface area contributed by atoms with Crippen molar-refractivity contribution in [3.8, 4) is 0 Å². The Labute approximate surface area is 164 Å². The first-order chi connectivity index (χ1) is 13.4. The molecule has 0 spiro atoms. The highest BCUT2D eigenvalue weighted by Crippen LogP contribution is 2.22. The Morgan fingerprint density at radius 1 is 1.14 bits per heavy atom. The van der Waals surface area contributed by atoms with E-state index in [1.54, 1.807) is 6.07 Å². The van der Waals surface area contributed by atoms with E-state index in [9.17, 15) is 14.4 Å². The lowest BCUT2D eigenvalue weighted by Crippen LogP contribution is -2.29. The van der Waals surface area contributed by atoms with E-state index in [4.69, 9.17) is 15.3 Å². The van der Waals surface area contributed by atoms with Crippen LogP contribution in [0.4, 0.5) is 5.69 Å². The number of aliphatic carboxylic acids is 1. The van der Waals surface area contributed by atoms with E-state index in [1.165, 1.54) is 0 Å². The van der Waals surface area contributed by atoms with E-state index in [-0.39, 0.29) is 17.8 Å². The normalized spacial score (nSPS) is 12.1. The van der Waals surface area contributed by atoms with Gasteiger partial charge in [0.1, 0.15) is 17.2 Å². The number of unbranched alkanes of at least 4 members (excludes halogenated alkanes) is 2. The summed E-state index contributed by atoms with van der Waals surface area (Å²) in [4.78, 5) is 37.5. The summed E-state index contributed by atoms with van der Waals surface area (Å²) in [5.74, 6) is -1.28. The van der Waals surface area contributed by atoms with Gasteiger partial charge in [-0.2, -0.15) is 0 Å². The van der Waals surface area contributed by atoms with Gasteiger partial charge in [-0.15, -0.1) is 0 Å². The fourth-order valence-electron chi connectivity index (χ4n) is 3.16. The lowest BCUT2D eigenvalue weighted by atomic mass is 10.0. The second kappa shape index (κ2) is 10.0. The number of nitrogens with two attached hydrogens (primary N) is 1. The highest BCUT2D eigenvalue weighted by atomic mass is 16.4. The third-order valence-electron chi connectivity index (χ3n) is 4.88. The van der Waals surface area contributed by atoms with Crippen molar-refractivity contribution < 1.29 is 19.1 Å². The van der Waals surface area contributed by atoms with Gasteiger partial charge in [0.15, 0.2) is 5.78 Å². The quantitative estimate of drug-likeness (QED) is 0.345. The predicted molar refractivity (Wildman–Crippen MR) is 109 cm³/mol. The molecular formula is C21H28N2O5. The fraction of sp³-hybridized carbons (Fsp3) is 0.476. The van der Waals surface area contributed by atoms with Crippen molar-refractivity contribution in [2.75, 3.05) is 18.0 Å². The SMILES string of the molecule is CCN(CC)c1ccc2cc(C(=O)CCCCCC(N)C(=O)O)c(=O)oc2c1. The number of benzene rings is 1. The Morgan fingerprint density at radius 2 is 1.86 bits per heavy atom. The first kappa shape index (κ1) is 21.6. The Morgan fingerprint density at radius 3 is 2.50 bits per heavy atom. The van der Waals surface area contributed by atoms with Crippen LogP contribution in [0.3, 0.4) is 0 Å². The summed E-state index contributed by atoms with van der Waals surface area (Å²) < 4.78 is 5.39. The number of hydrogen-bond acceptors (Lipinski definition) is 6. The molecule has 0 aliphatic rings. The summed E-state index contributed by atoms with van der Waals surface area (Å²) in [6, 6.07) is 6.36. The summed E-state index contributed by atoms with van der Waals surface area (Å²) >= 11 is 0. The summed E-state index contributed by atoms with van der Waals surface area (Å²) in [6.07, 6.45) is 2.47. The van der Waals surface area contributed by atoms with Crippen LogP contribution in [-0.2, 0) is 4.79 Å². The lowest BCUT2D eigenvalue weighted by Gasteiger charge is -2.20. The summed E-state index contributed by atoms with van der Waals surface area (Å²) in [5.41, 5.74) is 6.32. The molecule has 0 amide bonds. The highest BCUT2D eigenvalue weighted by molar-refractivity contribution is 5.98. The molecule has 152 valence electrons. The smallest absolute Gasteiger partial charge is 0.347 e. The molecule has 0 radical (unpaired) electrons. The number of nitrogens with zero attached hydrogens (tertiary/aromatic N) is 1. The van der Waals surface area contributed by atoms with E-state index >= 15 is 0 Å². The van der Waals surface area contributed by atoms with E-state index < -0.39 is 17.6 Å². The van der Waals surface area contributed by atoms with Gasteiger partial charge in [0.05, 0.1) is 0 Å². The standard InChI is InChI=1S/C21H28N2O5/c1-3-23(4-2)15-11-10-14-12-16(21(27)28-19(14)13-15)18(24)9-7-5-6-8-17(22)20(25)26/h10-13,17H,3-9,22H2,1-2H3,(H,25,26). The average Bonchev–Trinajstić information content (AvgIpc) is 2.67. The fourth-order valence-corrected chi connectivity index (χ4v) is 3.16. The number of rotatable bonds is 11. The van der Waals surface area contributed by atoms with Gasteiger partial charge in [-0.3, -0.25) is 9.59 Å². The number of carboxylic acids is 1. The van der Waals surface area contributed by atoms with Crippen LogP contribution in [0, 0.1) is 0 Å². The van der Waals surface area contributed by atoms with E-state index in [0.717, 1.165) is 18.8 Å². The monoisotopic (exact) mass is 388 g/mol. The maximum atomic E-state index is 12.4. The molecule has 0 saturated carbocycles. The van der Waals surface area contributed by atoms with Gasteiger partial charge in [-0.1, -0.05) is 12.8 Å². The van der Waals surface area contributed by atoms with Crippen LogP contribution in [0.5, 0.6) is 0 Å². The molecule has 1 aromatic carbocycles. The third-order valence-corrected chi connectivity index (χ3v) is 4.88. The van der Waals surface area contributed by atoms with Gasteiger partial charge in [0, 0.05) is 36.7 Å².